The van der Waals surface area contributed by atoms with Crippen LogP contribution in [-0.2, 0) is 4.74 Å². The van der Waals surface area contributed by atoms with Crippen LogP contribution in [0.4, 0.5) is 0 Å². The van der Waals surface area contributed by atoms with Crippen molar-refractivity contribution >= 4 is 11.8 Å². The topological polar surface area (TPSA) is 9.23 Å². The standard InChI is InChI=1S/C16H22OS/c1-12-4-6-16(7-5-12)18-11-14-8-13(2)9-15(10-14)17-3/h4-7,14-15H,2,8-11H2,1,3H3/t14-,15-/m1/s1. The van der Waals surface area contributed by atoms with Crippen LogP contribution in [0.1, 0.15) is 24.8 Å². The summed E-state index contributed by atoms with van der Waals surface area (Å²) in [5, 5.41) is 0. The molecule has 0 saturated heterocycles. The van der Waals surface area contributed by atoms with Crippen molar-refractivity contribution in [3.8, 4) is 0 Å². The molecular weight excluding hydrogens is 240 g/mol. The summed E-state index contributed by atoms with van der Waals surface area (Å²) in [6.07, 6.45) is 3.77. The zero-order valence-electron chi connectivity index (χ0n) is 11.3. The first-order valence-electron chi connectivity index (χ1n) is 6.56. The molecule has 0 spiro atoms. The second kappa shape index (κ2) is 6.44. The summed E-state index contributed by atoms with van der Waals surface area (Å²) in [5.41, 5.74) is 2.67. The highest BCUT2D eigenvalue weighted by Crippen LogP contribution is 2.33. The lowest BCUT2D eigenvalue weighted by molar-refractivity contribution is 0.0712. The number of benzene rings is 1. The molecule has 1 aromatic carbocycles. The second-order valence-electron chi connectivity index (χ2n) is 5.24. The van der Waals surface area contributed by atoms with Gasteiger partial charge in [-0.2, -0.15) is 0 Å². The van der Waals surface area contributed by atoms with Gasteiger partial charge in [0.1, 0.15) is 0 Å². The molecule has 0 aromatic heterocycles. The smallest absolute Gasteiger partial charge is 0.0611 e. The predicted octanol–water partition coefficient (Wildman–Crippen LogP) is 4.46. The highest BCUT2D eigenvalue weighted by molar-refractivity contribution is 7.99. The van der Waals surface area contributed by atoms with E-state index in [-0.39, 0.29) is 0 Å². The van der Waals surface area contributed by atoms with Crippen molar-refractivity contribution in [3.05, 3.63) is 42.0 Å². The van der Waals surface area contributed by atoms with Gasteiger partial charge in [-0.15, -0.1) is 11.8 Å². The van der Waals surface area contributed by atoms with Gasteiger partial charge in [-0.3, -0.25) is 0 Å². The second-order valence-corrected chi connectivity index (χ2v) is 6.34. The number of ether oxygens (including phenoxy) is 1. The van der Waals surface area contributed by atoms with Crippen molar-refractivity contribution in [3.63, 3.8) is 0 Å². The van der Waals surface area contributed by atoms with E-state index < -0.39 is 0 Å². The third kappa shape index (κ3) is 3.89. The third-order valence-corrected chi connectivity index (χ3v) is 4.77. The van der Waals surface area contributed by atoms with Crippen LogP contribution in [-0.4, -0.2) is 19.0 Å². The number of thioether (sulfide) groups is 1. The monoisotopic (exact) mass is 262 g/mol. The Morgan fingerprint density at radius 2 is 2.00 bits per heavy atom. The maximum atomic E-state index is 5.49. The van der Waals surface area contributed by atoms with Crippen LogP contribution < -0.4 is 0 Å². The molecule has 1 aliphatic rings. The summed E-state index contributed by atoms with van der Waals surface area (Å²) in [7, 11) is 1.81. The Bertz CT molecular complexity index is 396. The number of rotatable bonds is 4. The lowest BCUT2D eigenvalue weighted by Crippen LogP contribution is -2.24. The van der Waals surface area contributed by atoms with Crippen molar-refractivity contribution in [2.24, 2.45) is 5.92 Å². The minimum absolute atomic E-state index is 0.384. The molecule has 0 bridgehead atoms. The summed E-state index contributed by atoms with van der Waals surface area (Å²) in [6.45, 7) is 6.27. The molecule has 98 valence electrons. The van der Waals surface area contributed by atoms with Crippen LogP contribution in [0.2, 0.25) is 0 Å². The average molecular weight is 262 g/mol. The van der Waals surface area contributed by atoms with Crippen molar-refractivity contribution in [2.75, 3.05) is 12.9 Å². The molecule has 0 heterocycles. The molecule has 0 radical (unpaired) electrons. The molecule has 2 rings (SSSR count). The van der Waals surface area contributed by atoms with Crippen LogP contribution in [0.15, 0.2) is 41.3 Å². The largest absolute Gasteiger partial charge is 0.381 e. The molecule has 0 aliphatic heterocycles. The summed E-state index contributed by atoms with van der Waals surface area (Å²) in [4.78, 5) is 1.37. The van der Waals surface area contributed by atoms with E-state index >= 15 is 0 Å². The van der Waals surface area contributed by atoms with Gasteiger partial charge in [-0.05, 0) is 44.2 Å². The molecule has 1 aliphatic carbocycles. The Morgan fingerprint density at radius 3 is 2.67 bits per heavy atom. The van der Waals surface area contributed by atoms with E-state index in [4.69, 9.17) is 4.74 Å². The lowest BCUT2D eigenvalue weighted by Gasteiger charge is -2.29. The van der Waals surface area contributed by atoms with Gasteiger partial charge in [-0.1, -0.05) is 29.8 Å². The maximum absolute atomic E-state index is 5.49. The third-order valence-electron chi connectivity index (χ3n) is 3.53. The molecule has 2 heteroatoms. The average Bonchev–Trinajstić information content (AvgIpc) is 2.37. The number of aryl methyl sites for hydroxylation is 1. The van der Waals surface area contributed by atoms with Gasteiger partial charge in [0.2, 0.25) is 0 Å². The summed E-state index contributed by atoms with van der Waals surface area (Å²) in [6, 6.07) is 8.79. The normalized spacial score (nSPS) is 24.2. The summed E-state index contributed by atoms with van der Waals surface area (Å²) in [5.74, 6) is 1.88. The number of hydrogen-bond acceptors (Lipinski definition) is 2. The first kappa shape index (κ1) is 13.7. The van der Waals surface area contributed by atoms with E-state index in [1.54, 1.807) is 0 Å². The molecule has 0 unspecified atom stereocenters. The number of methoxy groups -OCH3 is 1. The van der Waals surface area contributed by atoms with Crippen LogP contribution in [0.3, 0.4) is 0 Å². The molecule has 1 saturated carbocycles. The van der Waals surface area contributed by atoms with E-state index in [9.17, 15) is 0 Å². The maximum Gasteiger partial charge on any atom is 0.0611 e. The molecule has 2 atom stereocenters. The van der Waals surface area contributed by atoms with Crippen molar-refractivity contribution in [2.45, 2.75) is 37.2 Å². The molecule has 1 aromatic rings. The summed E-state index contributed by atoms with van der Waals surface area (Å²) >= 11 is 1.95. The fraction of sp³-hybridized carbons (Fsp3) is 0.500. The first-order chi connectivity index (χ1) is 8.67. The van der Waals surface area contributed by atoms with E-state index in [0.29, 0.717) is 12.0 Å². The number of hydrogen-bond donors (Lipinski definition) is 0. The minimum Gasteiger partial charge on any atom is -0.381 e. The zero-order valence-corrected chi connectivity index (χ0v) is 12.1. The Labute approximate surface area is 115 Å². The van der Waals surface area contributed by atoms with Crippen LogP contribution in [0.25, 0.3) is 0 Å². The lowest BCUT2D eigenvalue weighted by atomic mass is 9.85. The highest BCUT2D eigenvalue weighted by atomic mass is 32.2. The van der Waals surface area contributed by atoms with E-state index in [0.717, 1.165) is 6.42 Å². The van der Waals surface area contributed by atoms with Gasteiger partial charge in [0.05, 0.1) is 6.10 Å². The van der Waals surface area contributed by atoms with E-state index in [2.05, 4.69) is 37.8 Å². The van der Waals surface area contributed by atoms with Crippen LogP contribution >= 0.6 is 11.8 Å². The van der Waals surface area contributed by atoms with Gasteiger partial charge in [-0.25, -0.2) is 0 Å². The predicted molar refractivity (Wildman–Crippen MR) is 79.2 cm³/mol. The Morgan fingerprint density at radius 1 is 1.28 bits per heavy atom. The van der Waals surface area contributed by atoms with Gasteiger partial charge >= 0.3 is 0 Å². The Balaban J connectivity index is 1.85. The molecule has 18 heavy (non-hydrogen) atoms. The molecule has 1 fully saturated rings. The zero-order chi connectivity index (χ0) is 13.0. The molecule has 0 N–H and O–H groups in total. The van der Waals surface area contributed by atoms with Crippen LogP contribution in [0.5, 0.6) is 0 Å². The van der Waals surface area contributed by atoms with Crippen molar-refractivity contribution in [1.82, 2.24) is 0 Å². The van der Waals surface area contributed by atoms with Crippen LogP contribution in [0, 0.1) is 12.8 Å². The van der Waals surface area contributed by atoms with Gasteiger partial charge < -0.3 is 4.74 Å². The van der Waals surface area contributed by atoms with Gasteiger partial charge in [0.15, 0.2) is 0 Å². The first-order valence-corrected chi connectivity index (χ1v) is 7.55. The SMILES string of the molecule is C=C1C[C@@H](CSc2ccc(C)cc2)C[C@H](OC)C1. The Hall–Kier alpha value is -0.730. The van der Waals surface area contributed by atoms with Gasteiger partial charge in [0.25, 0.3) is 0 Å². The van der Waals surface area contributed by atoms with E-state index in [1.165, 1.54) is 34.6 Å². The summed E-state index contributed by atoms with van der Waals surface area (Å²) < 4.78 is 5.49. The fourth-order valence-corrected chi connectivity index (χ4v) is 3.52. The Kier molecular flexibility index (Phi) is 4.90. The van der Waals surface area contributed by atoms with Crippen molar-refractivity contribution < 1.29 is 4.74 Å². The van der Waals surface area contributed by atoms with E-state index in [1.807, 2.05) is 18.9 Å². The quantitative estimate of drug-likeness (QED) is 0.585. The minimum atomic E-state index is 0.384. The highest BCUT2D eigenvalue weighted by Gasteiger charge is 2.23. The molecule has 0 amide bonds. The van der Waals surface area contributed by atoms with Gasteiger partial charge in [0, 0.05) is 17.8 Å². The fourth-order valence-electron chi connectivity index (χ4n) is 2.51. The van der Waals surface area contributed by atoms with Crippen molar-refractivity contribution in [1.29, 1.82) is 0 Å². The molecular formula is C16H22OS. The molecule has 1 nitrogen and oxygen atoms in total.